The van der Waals surface area contributed by atoms with E-state index in [9.17, 15) is 0 Å². The molecule has 0 aromatic carbocycles. The van der Waals surface area contributed by atoms with Gasteiger partial charge in [0, 0.05) is 19.6 Å². The summed E-state index contributed by atoms with van der Waals surface area (Å²) < 4.78 is 0. The summed E-state index contributed by atoms with van der Waals surface area (Å²) in [7, 11) is 0. The zero-order valence-electron chi connectivity index (χ0n) is 13.3. The van der Waals surface area contributed by atoms with Crippen molar-refractivity contribution in [2.24, 2.45) is 17.3 Å². The Bertz CT molecular complexity index is 207. The fourth-order valence-corrected chi connectivity index (χ4v) is 3.29. The van der Waals surface area contributed by atoms with Crippen molar-refractivity contribution in [3.8, 4) is 0 Å². The molecule has 0 saturated carbocycles. The molecule has 1 saturated heterocycles. The van der Waals surface area contributed by atoms with E-state index in [-0.39, 0.29) is 0 Å². The van der Waals surface area contributed by atoms with Crippen LogP contribution in [-0.4, -0.2) is 37.6 Å². The summed E-state index contributed by atoms with van der Waals surface area (Å²) in [6, 6.07) is 0. The first-order valence-electron chi connectivity index (χ1n) is 7.90. The molecule has 2 nitrogen and oxygen atoms in total. The van der Waals surface area contributed by atoms with Crippen molar-refractivity contribution in [3.05, 3.63) is 0 Å². The zero-order valence-corrected chi connectivity index (χ0v) is 13.3. The van der Waals surface area contributed by atoms with E-state index >= 15 is 0 Å². The number of nitrogens with zero attached hydrogens (tertiary/aromatic N) is 1. The summed E-state index contributed by atoms with van der Waals surface area (Å²) >= 11 is 0. The summed E-state index contributed by atoms with van der Waals surface area (Å²) in [6.07, 6.45) is 4.05. The summed E-state index contributed by atoms with van der Waals surface area (Å²) in [5.41, 5.74) is 0.578. The largest absolute Gasteiger partial charge is 0.317 e. The fraction of sp³-hybridized carbons (Fsp3) is 1.00. The number of hydrogen-bond acceptors (Lipinski definition) is 2. The van der Waals surface area contributed by atoms with E-state index in [1.54, 1.807) is 0 Å². The monoisotopic (exact) mass is 254 g/mol. The Balaban J connectivity index is 2.60. The molecular formula is C16H34N2. The highest BCUT2D eigenvalue weighted by atomic mass is 15.1. The van der Waals surface area contributed by atoms with Crippen LogP contribution in [0.15, 0.2) is 0 Å². The van der Waals surface area contributed by atoms with Crippen molar-refractivity contribution in [1.82, 2.24) is 10.2 Å². The van der Waals surface area contributed by atoms with Gasteiger partial charge in [-0.3, -0.25) is 0 Å². The molecule has 0 bridgehead atoms. The smallest absolute Gasteiger partial charge is 0.00390 e. The van der Waals surface area contributed by atoms with Gasteiger partial charge in [0.25, 0.3) is 0 Å². The van der Waals surface area contributed by atoms with Crippen LogP contribution in [0.1, 0.15) is 53.9 Å². The Morgan fingerprint density at radius 3 is 1.89 bits per heavy atom. The van der Waals surface area contributed by atoms with Gasteiger partial charge in [0.1, 0.15) is 0 Å². The number of hydrogen-bond donors (Lipinski definition) is 1. The third-order valence-electron chi connectivity index (χ3n) is 4.22. The molecule has 0 aromatic rings. The van der Waals surface area contributed by atoms with Crippen LogP contribution in [-0.2, 0) is 0 Å². The predicted molar refractivity (Wildman–Crippen MR) is 80.9 cm³/mol. The van der Waals surface area contributed by atoms with Gasteiger partial charge < -0.3 is 10.2 Å². The Labute approximate surface area is 115 Å². The maximum absolute atomic E-state index is 3.51. The molecular weight excluding hydrogens is 220 g/mol. The molecule has 1 rings (SSSR count). The molecule has 1 heterocycles. The Kier molecular flexibility index (Phi) is 6.65. The maximum atomic E-state index is 3.51. The topological polar surface area (TPSA) is 15.3 Å². The molecule has 0 aromatic heterocycles. The van der Waals surface area contributed by atoms with Crippen LogP contribution in [0.3, 0.4) is 0 Å². The van der Waals surface area contributed by atoms with Crippen LogP contribution >= 0.6 is 0 Å². The van der Waals surface area contributed by atoms with E-state index in [4.69, 9.17) is 0 Å². The van der Waals surface area contributed by atoms with Gasteiger partial charge in [-0.1, -0.05) is 34.6 Å². The summed E-state index contributed by atoms with van der Waals surface area (Å²) in [4.78, 5) is 2.73. The van der Waals surface area contributed by atoms with Gasteiger partial charge in [0.15, 0.2) is 0 Å². The molecule has 18 heavy (non-hydrogen) atoms. The highest BCUT2D eigenvalue weighted by Crippen LogP contribution is 2.33. The van der Waals surface area contributed by atoms with Gasteiger partial charge >= 0.3 is 0 Å². The first-order chi connectivity index (χ1) is 8.47. The third kappa shape index (κ3) is 5.27. The summed E-state index contributed by atoms with van der Waals surface area (Å²) in [6.45, 7) is 18.0. The molecule has 0 amide bonds. The molecule has 1 fully saturated rings. The molecule has 0 spiro atoms. The van der Waals surface area contributed by atoms with E-state index < -0.39 is 0 Å². The quantitative estimate of drug-likeness (QED) is 0.749. The molecule has 0 unspecified atom stereocenters. The van der Waals surface area contributed by atoms with Crippen molar-refractivity contribution in [3.63, 3.8) is 0 Å². The highest BCUT2D eigenvalue weighted by Gasteiger charge is 2.32. The second-order valence-electron chi connectivity index (χ2n) is 7.09. The maximum Gasteiger partial charge on any atom is 0.00390 e. The van der Waals surface area contributed by atoms with Crippen molar-refractivity contribution in [2.75, 3.05) is 32.7 Å². The lowest BCUT2D eigenvalue weighted by atomic mass is 9.76. The van der Waals surface area contributed by atoms with Gasteiger partial charge in [0.05, 0.1) is 0 Å². The second-order valence-corrected chi connectivity index (χ2v) is 7.09. The second kappa shape index (κ2) is 7.49. The predicted octanol–water partition coefficient (Wildman–Crippen LogP) is 3.38. The minimum atomic E-state index is 0.578. The van der Waals surface area contributed by atoms with Crippen molar-refractivity contribution in [1.29, 1.82) is 0 Å². The minimum Gasteiger partial charge on any atom is -0.317 e. The molecule has 108 valence electrons. The van der Waals surface area contributed by atoms with Crippen molar-refractivity contribution < 1.29 is 0 Å². The zero-order chi connectivity index (χ0) is 13.6. The Hall–Kier alpha value is -0.0800. The summed E-state index contributed by atoms with van der Waals surface area (Å²) in [5, 5.41) is 3.51. The normalized spacial score (nSPS) is 20.0. The fourth-order valence-electron chi connectivity index (χ4n) is 3.29. The summed E-state index contributed by atoms with van der Waals surface area (Å²) in [5.74, 6) is 1.55. The number of nitrogens with one attached hydrogen (secondary N) is 1. The SMILES string of the molecule is CCC1(CN(CC(C)C)CC(C)C)CCNCC1. The van der Waals surface area contributed by atoms with Crippen LogP contribution in [0.2, 0.25) is 0 Å². The minimum absolute atomic E-state index is 0.578. The van der Waals surface area contributed by atoms with Crippen LogP contribution in [0.4, 0.5) is 0 Å². The van der Waals surface area contributed by atoms with Crippen LogP contribution in [0, 0.1) is 17.3 Å². The van der Waals surface area contributed by atoms with Crippen LogP contribution in [0.5, 0.6) is 0 Å². The van der Waals surface area contributed by atoms with Gasteiger partial charge in [0.2, 0.25) is 0 Å². The average molecular weight is 254 g/mol. The molecule has 1 aliphatic heterocycles. The van der Waals surface area contributed by atoms with Crippen molar-refractivity contribution in [2.45, 2.75) is 53.9 Å². The van der Waals surface area contributed by atoms with Crippen molar-refractivity contribution >= 4 is 0 Å². The lowest BCUT2D eigenvalue weighted by Gasteiger charge is -2.42. The third-order valence-corrected chi connectivity index (χ3v) is 4.22. The Morgan fingerprint density at radius 1 is 1.00 bits per heavy atom. The molecule has 0 atom stereocenters. The standard InChI is InChI=1S/C16H34N2/c1-6-16(7-9-17-10-8-16)13-18(11-14(2)3)12-15(4)5/h14-15,17H,6-13H2,1-5H3. The highest BCUT2D eigenvalue weighted by molar-refractivity contribution is 4.87. The molecule has 1 aliphatic rings. The van der Waals surface area contributed by atoms with E-state index in [1.165, 1.54) is 52.0 Å². The van der Waals surface area contributed by atoms with Crippen LogP contribution in [0.25, 0.3) is 0 Å². The lowest BCUT2D eigenvalue weighted by Crippen LogP contribution is -2.46. The van der Waals surface area contributed by atoms with Gasteiger partial charge in [-0.05, 0) is 49.6 Å². The van der Waals surface area contributed by atoms with Crippen LogP contribution < -0.4 is 5.32 Å². The first kappa shape index (κ1) is 16.0. The van der Waals surface area contributed by atoms with Gasteiger partial charge in [-0.25, -0.2) is 0 Å². The van der Waals surface area contributed by atoms with E-state index in [0.29, 0.717) is 5.41 Å². The molecule has 0 radical (unpaired) electrons. The van der Waals surface area contributed by atoms with E-state index in [0.717, 1.165) is 11.8 Å². The van der Waals surface area contributed by atoms with Gasteiger partial charge in [-0.2, -0.15) is 0 Å². The lowest BCUT2D eigenvalue weighted by molar-refractivity contribution is 0.0904. The molecule has 2 heteroatoms. The van der Waals surface area contributed by atoms with E-state index in [2.05, 4.69) is 44.8 Å². The molecule has 1 N–H and O–H groups in total. The average Bonchev–Trinajstić information content (AvgIpc) is 2.28. The first-order valence-corrected chi connectivity index (χ1v) is 7.90. The molecule has 0 aliphatic carbocycles. The van der Waals surface area contributed by atoms with Gasteiger partial charge in [-0.15, -0.1) is 0 Å². The number of rotatable bonds is 7. The Morgan fingerprint density at radius 2 is 1.50 bits per heavy atom. The van der Waals surface area contributed by atoms with E-state index in [1.807, 2.05) is 0 Å². The number of piperidine rings is 1.